The molecule has 176 valence electrons. The molecule has 4 rings (SSSR count). The predicted molar refractivity (Wildman–Crippen MR) is 134 cm³/mol. The Balaban J connectivity index is 0.00000324. The number of anilines is 1. The number of nitrogens with one attached hydrogen (secondary N) is 2. The first-order chi connectivity index (χ1) is 16.1. The summed E-state index contributed by atoms with van der Waals surface area (Å²) in [6, 6.07) is 18.2. The first kappa shape index (κ1) is 24.9. The van der Waals surface area contributed by atoms with Crippen LogP contribution in [0, 0.1) is 6.92 Å². The molecule has 9 heteroatoms. The number of ether oxygens (including phenoxy) is 1. The summed E-state index contributed by atoms with van der Waals surface area (Å²) in [7, 11) is 1.39. The van der Waals surface area contributed by atoms with Gasteiger partial charge in [-0.05, 0) is 46.5 Å². The van der Waals surface area contributed by atoms with Gasteiger partial charge in [-0.3, -0.25) is 4.98 Å². The minimum absolute atomic E-state index is 0. The number of aromatic nitrogens is 5. The van der Waals surface area contributed by atoms with E-state index in [1.807, 2.05) is 37.3 Å². The molecule has 8 nitrogen and oxygen atoms in total. The van der Waals surface area contributed by atoms with E-state index in [4.69, 9.17) is 4.74 Å². The van der Waals surface area contributed by atoms with Crippen LogP contribution < -0.4 is 5.32 Å². The second-order valence-electron chi connectivity index (χ2n) is 7.71. The number of halogens is 1. The number of aryl methyl sites for hydroxylation is 2. The maximum absolute atomic E-state index is 12.3. The Bertz CT molecular complexity index is 1240. The highest BCUT2D eigenvalue weighted by molar-refractivity contribution is 5.96. The van der Waals surface area contributed by atoms with Gasteiger partial charge in [-0.15, -0.1) is 17.5 Å². The van der Waals surface area contributed by atoms with Gasteiger partial charge in [0.05, 0.1) is 18.5 Å². The number of carbonyl (C=O) groups is 1. The van der Waals surface area contributed by atoms with Crippen molar-refractivity contribution in [2.75, 3.05) is 12.4 Å². The molecule has 0 radical (unpaired) electrons. The number of carbonyl (C=O) groups excluding carboxylic acids is 1. The lowest BCUT2D eigenvalue weighted by Gasteiger charge is -2.15. The molecule has 0 aliphatic heterocycles. The molecule has 34 heavy (non-hydrogen) atoms. The fourth-order valence-electron chi connectivity index (χ4n) is 3.83. The van der Waals surface area contributed by atoms with Crippen LogP contribution in [-0.2, 0) is 17.7 Å². The van der Waals surface area contributed by atoms with Gasteiger partial charge in [0, 0.05) is 17.8 Å². The molecule has 0 atom stereocenters. The van der Waals surface area contributed by atoms with Crippen LogP contribution in [-0.4, -0.2) is 38.7 Å². The summed E-state index contributed by atoms with van der Waals surface area (Å²) in [6.45, 7) is 4.51. The molecule has 0 bridgehead atoms. The number of methoxy groups -OCH3 is 1. The van der Waals surface area contributed by atoms with Crippen LogP contribution in [0.3, 0.4) is 0 Å². The molecule has 0 unspecified atom stereocenters. The maximum Gasteiger partial charge on any atom is 0.341 e. The lowest BCUT2D eigenvalue weighted by molar-refractivity contribution is 0.0600. The zero-order valence-electron chi connectivity index (χ0n) is 19.3. The zero-order valence-corrected chi connectivity index (χ0v) is 20.1. The average Bonchev–Trinajstić information content (AvgIpc) is 3.38. The molecule has 2 aromatic carbocycles. The molecule has 0 amide bonds. The van der Waals surface area contributed by atoms with E-state index < -0.39 is 0 Å². The number of benzene rings is 2. The summed E-state index contributed by atoms with van der Waals surface area (Å²) in [6.07, 6.45) is 1.84. The molecule has 2 aromatic heterocycles. The first-order valence-corrected chi connectivity index (χ1v) is 10.9. The van der Waals surface area contributed by atoms with Crippen molar-refractivity contribution in [2.45, 2.75) is 33.2 Å². The van der Waals surface area contributed by atoms with E-state index in [0.29, 0.717) is 23.6 Å². The Kier molecular flexibility index (Phi) is 8.32. The number of H-pyrrole nitrogens is 1. The standard InChI is InChI=1S/C25H26N6O2.ClH/c1-4-7-19-14-22(23(16(2)27-19)25(32)33-3)26-15-17-10-12-18(13-11-17)20-8-5-6-9-21(20)24-28-30-31-29-24;/h5-6,8-14H,4,7,15H2,1-3H3,(H,26,27)(H,28,29,30,31);1H. The van der Waals surface area contributed by atoms with Crippen LogP contribution in [0.25, 0.3) is 22.5 Å². The first-order valence-electron chi connectivity index (χ1n) is 10.9. The van der Waals surface area contributed by atoms with Crippen molar-refractivity contribution in [2.24, 2.45) is 0 Å². The van der Waals surface area contributed by atoms with Gasteiger partial charge in [0.2, 0.25) is 0 Å². The summed E-state index contributed by atoms with van der Waals surface area (Å²) in [5, 5.41) is 17.6. The molecular weight excluding hydrogens is 452 g/mol. The summed E-state index contributed by atoms with van der Waals surface area (Å²) in [5.41, 5.74) is 6.96. The molecule has 4 aromatic rings. The molecule has 2 N–H and O–H groups in total. The van der Waals surface area contributed by atoms with E-state index in [0.717, 1.165) is 46.5 Å². The number of tetrazole rings is 1. The highest BCUT2D eigenvalue weighted by atomic mass is 35.5. The van der Waals surface area contributed by atoms with Crippen LogP contribution in [0.5, 0.6) is 0 Å². The van der Waals surface area contributed by atoms with Crippen LogP contribution in [0.2, 0.25) is 0 Å². The average molecular weight is 479 g/mol. The smallest absolute Gasteiger partial charge is 0.341 e. The van der Waals surface area contributed by atoms with Gasteiger partial charge in [-0.25, -0.2) is 9.89 Å². The molecular formula is C25H27ClN6O2. The zero-order chi connectivity index (χ0) is 23.2. The summed E-state index contributed by atoms with van der Waals surface area (Å²) in [4.78, 5) is 16.9. The Morgan fingerprint density at radius 1 is 1.09 bits per heavy atom. The number of nitrogens with zero attached hydrogens (tertiary/aromatic N) is 4. The van der Waals surface area contributed by atoms with Gasteiger partial charge in [-0.2, -0.15) is 0 Å². The number of hydrogen-bond acceptors (Lipinski definition) is 7. The van der Waals surface area contributed by atoms with Crippen molar-refractivity contribution in [3.8, 4) is 22.5 Å². The number of hydrogen-bond donors (Lipinski definition) is 2. The Hall–Kier alpha value is -3.78. The monoisotopic (exact) mass is 478 g/mol. The van der Waals surface area contributed by atoms with E-state index in [1.54, 1.807) is 0 Å². The van der Waals surface area contributed by atoms with Crippen molar-refractivity contribution < 1.29 is 9.53 Å². The molecule has 0 aliphatic rings. The van der Waals surface area contributed by atoms with Crippen molar-refractivity contribution >= 4 is 24.1 Å². The lowest BCUT2D eigenvalue weighted by atomic mass is 9.98. The number of esters is 1. The van der Waals surface area contributed by atoms with E-state index in [1.165, 1.54) is 7.11 Å². The van der Waals surface area contributed by atoms with Crippen molar-refractivity contribution in [1.29, 1.82) is 0 Å². The Morgan fingerprint density at radius 3 is 2.47 bits per heavy atom. The highest BCUT2D eigenvalue weighted by Crippen LogP contribution is 2.30. The molecule has 0 aliphatic carbocycles. The second-order valence-corrected chi connectivity index (χ2v) is 7.71. The van der Waals surface area contributed by atoms with Gasteiger partial charge in [-0.1, -0.05) is 61.9 Å². The van der Waals surface area contributed by atoms with E-state index in [-0.39, 0.29) is 18.4 Å². The largest absolute Gasteiger partial charge is 0.465 e. The third-order valence-electron chi connectivity index (χ3n) is 5.42. The fraction of sp³-hybridized carbons (Fsp3) is 0.240. The molecule has 2 heterocycles. The lowest BCUT2D eigenvalue weighted by Crippen LogP contribution is -2.13. The highest BCUT2D eigenvalue weighted by Gasteiger charge is 2.18. The topological polar surface area (TPSA) is 106 Å². The second kappa shape index (κ2) is 11.4. The van der Waals surface area contributed by atoms with Gasteiger partial charge in [0.15, 0.2) is 5.82 Å². The third-order valence-corrected chi connectivity index (χ3v) is 5.42. The van der Waals surface area contributed by atoms with Gasteiger partial charge >= 0.3 is 5.97 Å². The van der Waals surface area contributed by atoms with Gasteiger partial charge in [0.25, 0.3) is 0 Å². The number of pyridine rings is 1. The van der Waals surface area contributed by atoms with Crippen molar-refractivity contribution in [3.63, 3.8) is 0 Å². The van der Waals surface area contributed by atoms with Crippen LogP contribution in [0.15, 0.2) is 54.6 Å². The minimum atomic E-state index is -0.389. The van der Waals surface area contributed by atoms with Gasteiger partial charge < -0.3 is 10.1 Å². The van der Waals surface area contributed by atoms with E-state index in [2.05, 4.69) is 62.1 Å². The Labute approximate surface area is 204 Å². The molecule has 0 fully saturated rings. The van der Waals surface area contributed by atoms with E-state index >= 15 is 0 Å². The normalized spacial score (nSPS) is 10.4. The van der Waals surface area contributed by atoms with Crippen LogP contribution in [0.1, 0.15) is 40.7 Å². The van der Waals surface area contributed by atoms with Crippen LogP contribution in [0.4, 0.5) is 5.69 Å². The third kappa shape index (κ3) is 5.40. The van der Waals surface area contributed by atoms with Gasteiger partial charge in [0.1, 0.15) is 5.56 Å². The predicted octanol–water partition coefficient (Wildman–Crippen LogP) is 5.01. The Morgan fingerprint density at radius 2 is 1.82 bits per heavy atom. The summed E-state index contributed by atoms with van der Waals surface area (Å²) >= 11 is 0. The van der Waals surface area contributed by atoms with E-state index in [9.17, 15) is 4.79 Å². The number of aromatic amines is 1. The fourth-order valence-corrected chi connectivity index (χ4v) is 3.83. The molecule has 0 spiro atoms. The van der Waals surface area contributed by atoms with Crippen molar-refractivity contribution in [1.82, 2.24) is 25.6 Å². The van der Waals surface area contributed by atoms with Crippen LogP contribution >= 0.6 is 12.4 Å². The minimum Gasteiger partial charge on any atom is -0.465 e. The summed E-state index contributed by atoms with van der Waals surface area (Å²) < 4.78 is 4.98. The maximum atomic E-state index is 12.3. The molecule has 0 saturated heterocycles. The SMILES string of the molecule is CCCc1cc(NCc2ccc(-c3ccccc3-c3nnn[nH]3)cc2)c(C(=O)OC)c(C)n1.Cl. The molecule has 0 saturated carbocycles. The van der Waals surface area contributed by atoms with Crippen molar-refractivity contribution in [3.05, 3.63) is 77.1 Å². The summed E-state index contributed by atoms with van der Waals surface area (Å²) in [5.74, 6) is 0.238. The number of rotatable bonds is 8. The quantitative estimate of drug-likeness (QED) is 0.343.